The predicted octanol–water partition coefficient (Wildman–Crippen LogP) is 0.324. The topological polar surface area (TPSA) is 116 Å². The number of nitrogens with zero attached hydrogens (tertiary/aromatic N) is 1. The van der Waals surface area contributed by atoms with Crippen molar-refractivity contribution in [3.05, 3.63) is 0 Å². The van der Waals surface area contributed by atoms with Crippen LogP contribution in [0.3, 0.4) is 0 Å². The Kier molecular flexibility index (Phi) is 4.37. The maximum atomic E-state index is 12.7. The van der Waals surface area contributed by atoms with Gasteiger partial charge in [-0.3, -0.25) is 19.3 Å². The standard InChI is InChI=1S/C15H23N3O5/c1-9-4-14(2,3)8-15(5-9)12(22)18(13(23)17-15)7-10(19)16-6-11(20)21/h9H,4-8H2,1-3H3,(H,16,19)(H,17,23)(H,20,21). The maximum Gasteiger partial charge on any atom is 0.325 e. The highest BCUT2D eigenvalue weighted by Crippen LogP contribution is 2.46. The van der Waals surface area contributed by atoms with Gasteiger partial charge in [-0.2, -0.15) is 0 Å². The number of carbonyl (C=O) groups excluding carboxylic acids is 3. The molecule has 2 aliphatic rings. The Labute approximate surface area is 134 Å². The van der Waals surface area contributed by atoms with Crippen LogP contribution in [0, 0.1) is 11.3 Å². The number of urea groups is 1. The lowest BCUT2D eigenvalue weighted by Gasteiger charge is -2.43. The van der Waals surface area contributed by atoms with E-state index in [2.05, 4.69) is 24.5 Å². The van der Waals surface area contributed by atoms with E-state index in [1.54, 1.807) is 0 Å². The van der Waals surface area contributed by atoms with Crippen molar-refractivity contribution in [3.63, 3.8) is 0 Å². The van der Waals surface area contributed by atoms with E-state index in [4.69, 9.17) is 5.11 Å². The highest BCUT2D eigenvalue weighted by molar-refractivity contribution is 6.09. The van der Waals surface area contributed by atoms with Gasteiger partial charge < -0.3 is 15.7 Å². The second kappa shape index (κ2) is 5.82. The lowest BCUT2D eigenvalue weighted by Crippen LogP contribution is -2.54. The van der Waals surface area contributed by atoms with Gasteiger partial charge >= 0.3 is 12.0 Å². The number of carboxylic acids is 1. The molecule has 0 aromatic carbocycles. The van der Waals surface area contributed by atoms with Gasteiger partial charge in [0.05, 0.1) is 0 Å². The molecule has 2 unspecified atom stereocenters. The van der Waals surface area contributed by atoms with E-state index >= 15 is 0 Å². The molecule has 0 bridgehead atoms. The van der Waals surface area contributed by atoms with E-state index in [-0.39, 0.29) is 11.3 Å². The van der Waals surface area contributed by atoms with Gasteiger partial charge in [-0.15, -0.1) is 0 Å². The zero-order chi connectivity index (χ0) is 17.4. The van der Waals surface area contributed by atoms with Crippen molar-refractivity contribution in [2.75, 3.05) is 13.1 Å². The van der Waals surface area contributed by atoms with Crippen molar-refractivity contribution in [2.45, 2.75) is 45.6 Å². The number of carboxylic acid groups (broad SMARTS) is 1. The average molecular weight is 325 g/mol. The Morgan fingerprint density at radius 1 is 1.35 bits per heavy atom. The summed E-state index contributed by atoms with van der Waals surface area (Å²) in [6.45, 7) is 5.16. The monoisotopic (exact) mass is 325 g/mol. The largest absolute Gasteiger partial charge is 0.480 e. The highest BCUT2D eigenvalue weighted by atomic mass is 16.4. The first kappa shape index (κ1) is 17.2. The van der Waals surface area contributed by atoms with Crippen molar-refractivity contribution in [1.29, 1.82) is 0 Å². The molecular formula is C15H23N3O5. The minimum atomic E-state index is -1.19. The number of amides is 4. The van der Waals surface area contributed by atoms with Crippen LogP contribution in [0.4, 0.5) is 4.79 Å². The van der Waals surface area contributed by atoms with Crippen LogP contribution in [0.25, 0.3) is 0 Å². The van der Waals surface area contributed by atoms with Crippen LogP contribution in [-0.2, 0) is 14.4 Å². The molecule has 2 fully saturated rings. The molecule has 1 aliphatic heterocycles. The van der Waals surface area contributed by atoms with Crippen LogP contribution in [0.15, 0.2) is 0 Å². The van der Waals surface area contributed by atoms with E-state index in [1.807, 2.05) is 6.92 Å². The molecule has 1 saturated heterocycles. The van der Waals surface area contributed by atoms with Gasteiger partial charge in [0, 0.05) is 0 Å². The van der Waals surface area contributed by atoms with Crippen molar-refractivity contribution in [2.24, 2.45) is 11.3 Å². The van der Waals surface area contributed by atoms with Crippen LogP contribution < -0.4 is 10.6 Å². The predicted molar refractivity (Wildman–Crippen MR) is 80.4 cm³/mol. The summed E-state index contributed by atoms with van der Waals surface area (Å²) in [5, 5.41) is 13.5. The summed E-state index contributed by atoms with van der Waals surface area (Å²) in [6, 6.07) is -0.592. The van der Waals surface area contributed by atoms with Crippen LogP contribution >= 0.6 is 0 Å². The molecule has 0 aromatic rings. The van der Waals surface area contributed by atoms with Crippen molar-refractivity contribution in [1.82, 2.24) is 15.5 Å². The molecule has 1 heterocycles. The summed E-state index contributed by atoms with van der Waals surface area (Å²) >= 11 is 0. The maximum absolute atomic E-state index is 12.7. The molecule has 1 aliphatic carbocycles. The number of aliphatic carboxylic acids is 1. The van der Waals surface area contributed by atoms with Gasteiger partial charge in [-0.25, -0.2) is 4.79 Å². The molecule has 1 saturated carbocycles. The van der Waals surface area contributed by atoms with Crippen molar-refractivity contribution in [3.8, 4) is 0 Å². The number of nitrogens with one attached hydrogen (secondary N) is 2. The molecule has 128 valence electrons. The van der Waals surface area contributed by atoms with Gasteiger partial charge in [0.1, 0.15) is 18.6 Å². The lowest BCUT2D eigenvalue weighted by molar-refractivity contribution is -0.139. The molecule has 23 heavy (non-hydrogen) atoms. The number of imide groups is 1. The molecule has 8 heteroatoms. The summed E-state index contributed by atoms with van der Waals surface area (Å²) in [6.07, 6.45) is 2.05. The molecule has 4 amide bonds. The molecule has 2 rings (SSSR count). The first-order chi connectivity index (χ1) is 10.5. The molecule has 2 atom stereocenters. The first-order valence-corrected chi connectivity index (χ1v) is 7.67. The smallest absolute Gasteiger partial charge is 0.325 e. The van der Waals surface area contributed by atoms with Crippen LogP contribution in [-0.4, -0.2) is 52.4 Å². The van der Waals surface area contributed by atoms with Gasteiger partial charge in [-0.05, 0) is 30.6 Å². The SMILES string of the molecule is CC1CC(C)(C)CC2(C1)NC(=O)N(CC(=O)NCC(=O)O)C2=O. The average Bonchev–Trinajstić information content (AvgIpc) is 2.58. The third-order valence-electron chi connectivity index (χ3n) is 4.36. The number of hydrogen-bond acceptors (Lipinski definition) is 4. The molecule has 8 nitrogen and oxygen atoms in total. The molecule has 1 spiro atoms. The molecule has 0 radical (unpaired) electrons. The quantitative estimate of drug-likeness (QED) is 0.644. The van der Waals surface area contributed by atoms with E-state index in [9.17, 15) is 19.2 Å². The highest BCUT2D eigenvalue weighted by Gasteiger charge is 2.56. The lowest BCUT2D eigenvalue weighted by atomic mass is 9.64. The Morgan fingerprint density at radius 3 is 2.57 bits per heavy atom. The summed E-state index contributed by atoms with van der Waals surface area (Å²) in [4.78, 5) is 47.9. The van der Waals surface area contributed by atoms with E-state index < -0.39 is 42.4 Å². The third kappa shape index (κ3) is 3.62. The van der Waals surface area contributed by atoms with Crippen LogP contribution in [0.2, 0.25) is 0 Å². The summed E-state index contributed by atoms with van der Waals surface area (Å²) < 4.78 is 0. The molecule has 3 N–H and O–H groups in total. The fraction of sp³-hybridized carbons (Fsp3) is 0.733. The van der Waals surface area contributed by atoms with Gasteiger partial charge in [0.25, 0.3) is 5.91 Å². The number of hydrogen-bond donors (Lipinski definition) is 3. The second-order valence-corrected chi connectivity index (χ2v) is 7.43. The molecular weight excluding hydrogens is 302 g/mol. The zero-order valence-corrected chi connectivity index (χ0v) is 13.6. The van der Waals surface area contributed by atoms with Crippen molar-refractivity contribution >= 4 is 23.8 Å². The van der Waals surface area contributed by atoms with Crippen LogP contribution in [0.1, 0.15) is 40.0 Å². The van der Waals surface area contributed by atoms with Gasteiger partial charge in [-0.1, -0.05) is 20.8 Å². The second-order valence-electron chi connectivity index (χ2n) is 7.43. The van der Waals surface area contributed by atoms with Crippen molar-refractivity contribution < 1.29 is 24.3 Å². The normalized spacial score (nSPS) is 29.5. The Balaban J connectivity index is 2.10. The Bertz CT molecular complexity index is 559. The molecule has 0 aromatic heterocycles. The number of carbonyl (C=O) groups is 4. The van der Waals surface area contributed by atoms with E-state index in [0.717, 1.165) is 11.3 Å². The van der Waals surface area contributed by atoms with Gasteiger partial charge in [0.2, 0.25) is 5.91 Å². The van der Waals surface area contributed by atoms with Gasteiger partial charge in [0.15, 0.2) is 0 Å². The fourth-order valence-corrected chi connectivity index (χ4v) is 4.02. The fourth-order valence-electron chi connectivity index (χ4n) is 4.02. The van der Waals surface area contributed by atoms with E-state index in [0.29, 0.717) is 12.8 Å². The Morgan fingerprint density at radius 2 is 2.00 bits per heavy atom. The summed E-state index contributed by atoms with van der Waals surface area (Å²) in [5.41, 5.74) is -1.03. The Hall–Kier alpha value is -2.12. The van der Waals surface area contributed by atoms with Crippen LogP contribution in [0.5, 0.6) is 0 Å². The third-order valence-corrected chi connectivity index (χ3v) is 4.36. The zero-order valence-electron chi connectivity index (χ0n) is 13.6. The summed E-state index contributed by atoms with van der Waals surface area (Å²) in [5.74, 6) is -1.97. The summed E-state index contributed by atoms with van der Waals surface area (Å²) in [7, 11) is 0. The minimum absolute atomic E-state index is 0.0812. The van der Waals surface area contributed by atoms with E-state index in [1.165, 1.54) is 0 Å². The first-order valence-electron chi connectivity index (χ1n) is 7.67. The minimum Gasteiger partial charge on any atom is -0.480 e. The number of rotatable bonds is 4.